The maximum Gasteiger partial charge on any atom is 0.243 e. The second kappa shape index (κ2) is 13.6. The smallest absolute Gasteiger partial charge is 0.243 e. The van der Waals surface area contributed by atoms with Gasteiger partial charge in [0.15, 0.2) is 5.78 Å². The van der Waals surface area contributed by atoms with Gasteiger partial charge in [0, 0.05) is 25.9 Å². The molecule has 8 heteroatoms. The lowest BCUT2D eigenvalue weighted by atomic mass is 10.1. The largest absolute Gasteiger partial charge is 0.379 e. The van der Waals surface area contributed by atoms with Crippen LogP contribution in [0, 0.1) is 0 Å². The molecule has 8 nitrogen and oxygen atoms in total. The van der Waals surface area contributed by atoms with Gasteiger partial charge in [0.05, 0.1) is 33.0 Å². The van der Waals surface area contributed by atoms with E-state index in [0.717, 1.165) is 0 Å². The van der Waals surface area contributed by atoms with Gasteiger partial charge in [-0.15, -0.1) is 0 Å². The molecule has 0 radical (unpaired) electrons. The van der Waals surface area contributed by atoms with E-state index in [-0.39, 0.29) is 25.9 Å². The Morgan fingerprint density at radius 3 is 1.90 bits per heavy atom. The summed E-state index contributed by atoms with van der Waals surface area (Å²) in [7, 11) is 0. The molecule has 0 saturated carbocycles. The Kier molecular flexibility index (Phi) is 12.7. The lowest BCUT2D eigenvalue weighted by molar-refractivity contribution is -0.138. The molecule has 1 amide bonds. The van der Waals surface area contributed by atoms with Crippen LogP contribution in [0.3, 0.4) is 0 Å². The van der Waals surface area contributed by atoms with Crippen molar-refractivity contribution < 1.29 is 33.8 Å². The first kappa shape index (κ1) is 19.7. The van der Waals surface area contributed by atoms with E-state index in [2.05, 4.69) is 0 Å². The van der Waals surface area contributed by atoms with Crippen LogP contribution in [0.15, 0.2) is 0 Å². The molecule has 2 N–H and O–H groups in total. The number of rotatable bonds is 14. The van der Waals surface area contributed by atoms with Gasteiger partial charge in [-0.25, -0.2) is 5.48 Å². The van der Waals surface area contributed by atoms with Crippen molar-refractivity contribution >= 4 is 17.5 Å². The maximum atomic E-state index is 11.4. The number of hydroxylamine groups is 1. The van der Waals surface area contributed by atoms with Crippen LogP contribution in [0.2, 0.25) is 0 Å². The highest BCUT2D eigenvalue weighted by atomic mass is 16.5. The van der Waals surface area contributed by atoms with Crippen molar-refractivity contribution in [3.8, 4) is 0 Å². The molecule has 0 aromatic heterocycles. The van der Waals surface area contributed by atoms with Gasteiger partial charge in [-0.3, -0.25) is 19.6 Å². The zero-order valence-electron chi connectivity index (χ0n) is 12.3. The van der Waals surface area contributed by atoms with Gasteiger partial charge in [-0.2, -0.15) is 0 Å². The van der Waals surface area contributed by atoms with Crippen molar-refractivity contribution in [1.82, 2.24) is 5.48 Å². The molecule has 122 valence electrons. The Hall–Kier alpha value is -1.35. The minimum atomic E-state index is -0.698. The molecule has 0 rings (SSSR count). The Bertz CT molecular complexity index is 320. The van der Waals surface area contributed by atoms with Crippen molar-refractivity contribution in [3.05, 3.63) is 0 Å². The summed E-state index contributed by atoms with van der Waals surface area (Å²) < 4.78 is 15.4. The summed E-state index contributed by atoms with van der Waals surface area (Å²) in [6.07, 6.45) is -0.458. The number of hydrogen-bond acceptors (Lipinski definition) is 7. The van der Waals surface area contributed by atoms with E-state index >= 15 is 0 Å². The molecule has 21 heavy (non-hydrogen) atoms. The summed E-state index contributed by atoms with van der Waals surface area (Å²) in [6, 6.07) is 0. The van der Waals surface area contributed by atoms with E-state index in [0.29, 0.717) is 33.0 Å². The second-order valence-electron chi connectivity index (χ2n) is 4.05. The third-order valence-electron chi connectivity index (χ3n) is 2.44. The fraction of sp³-hybridized carbons (Fsp3) is 0.769. The first-order valence-corrected chi connectivity index (χ1v) is 6.84. The molecule has 0 aliphatic heterocycles. The molecule has 0 spiro atoms. The number of carbonyl (C=O) groups is 3. The first-order chi connectivity index (χ1) is 10.1. The molecular weight excluding hydrogens is 282 g/mol. The summed E-state index contributed by atoms with van der Waals surface area (Å²) in [6.45, 7) is 4.43. The van der Waals surface area contributed by atoms with Crippen LogP contribution in [0.5, 0.6) is 0 Å². The Labute approximate surface area is 123 Å². The van der Waals surface area contributed by atoms with Gasteiger partial charge >= 0.3 is 0 Å². The zero-order chi connectivity index (χ0) is 15.9. The van der Waals surface area contributed by atoms with Gasteiger partial charge in [0.2, 0.25) is 11.7 Å². The third kappa shape index (κ3) is 12.1. The number of carbonyl (C=O) groups excluding carboxylic acids is 3. The number of ketones is 2. The molecule has 0 aromatic rings. The fourth-order valence-electron chi connectivity index (χ4n) is 1.31. The van der Waals surface area contributed by atoms with Crippen LogP contribution in [0.1, 0.15) is 26.2 Å². The van der Waals surface area contributed by atoms with Gasteiger partial charge in [-0.05, 0) is 6.92 Å². The Morgan fingerprint density at radius 1 is 0.810 bits per heavy atom. The van der Waals surface area contributed by atoms with Crippen molar-refractivity contribution in [3.63, 3.8) is 0 Å². The lowest BCUT2D eigenvalue weighted by Crippen LogP contribution is -2.22. The predicted octanol–water partition coefficient (Wildman–Crippen LogP) is -0.130. The summed E-state index contributed by atoms with van der Waals surface area (Å²) in [4.78, 5) is 33.4. The summed E-state index contributed by atoms with van der Waals surface area (Å²) in [5.41, 5.74) is 1.39. The third-order valence-corrected chi connectivity index (χ3v) is 2.44. The van der Waals surface area contributed by atoms with Gasteiger partial charge in [-0.1, -0.05) is 0 Å². The lowest BCUT2D eigenvalue weighted by Gasteiger charge is -2.05. The highest BCUT2D eigenvalue weighted by Gasteiger charge is 2.14. The molecule has 0 fully saturated rings. The highest BCUT2D eigenvalue weighted by molar-refractivity contribution is 6.37. The van der Waals surface area contributed by atoms with E-state index in [1.807, 2.05) is 6.92 Å². The summed E-state index contributed by atoms with van der Waals surface area (Å²) in [5, 5.41) is 8.24. The standard InChI is InChI=1S/C13H23NO7/c1-2-19-7-8-21-10-9-20-6-5-12(16)11(15)3-4-13(17)14-18/h18H,2-10H2,1H3,(H,14,17). The molecule has 0 atom stereocenters. The van der Waals surface area contributed by atoms with Crippen LogP contribution in [-0.4, -0.2) is 62.3 Å². The van der Waals surface area contributed by atoms with E-state index in [4.69, 9.17) is 19.4 Å². The first-order valence-electron chi connectivity index (χ1n) is 6.84. The molecule has 0 aromatic carbocycles. The molecule has 0 saturated heterocycles. The molecule has 0 unspecified atom stereocenters. The summed E-state index contributed by atoms with van der Waals surface area (Å²) in [5.74, 6) is -1.93. The van der Waals surface area contributed by atoms with Crippen LogP contribution in [-0.2, 0) is 28.6 Å². The topological polar surface area (TPSA) is 111 Å². The van der Waals surface area contributed by atoms with Crippen LogP contribution in [0.25, 0.3) is 0 Å². The van der Waals surface area contributed by atoms with E-state index in [1.165, 1.54) is 5.48 Å². The van der Waals surface area contributed by atoms with Gasteiger partial charge in [0.1, 0.15) is 0 Å². The van der Waals surface area contributed by atoms with Crippen molar-refractivity contribution in [2.75, 3.05) is 39.6 Å². The summed E-state index contributed by atoms with van der Waals surface area (Å²) >= 11 is 0. The zero-order valence-corrected chi connectivity index (χ0v) is 12.3. The average molecular weight is 305 g/mol. The quantitative estimate of drug-likeness (QED) is 0.199. The highest BCUT2D eigenvalue weighted by Crippen LogP contribution is 1.96. The van der Waals surface area contributed by atoms with Crippen LogP contribution < -0.4 is 5.48 Å². The predicted molar refractivity (Wildman–Crippen MR) is 71.9 cm³/mol. The molecular formula is C13H23NO7. The van der Waals surface area contributed by atoms with Crippen LogP contribution >= 0.6 is 0 Å². The SMILES string of the molecule is CCOCCOCCOCCC(=O)C(=O)CCC(=O)NO. The number of hydrogen-bond donors (Lipinski definition) is 2. The minimum absolute atomic E-state index is 0.0292. The molecule has 0 bridgehead atoms. The van der Waals surface area contributed by atoms with Gasteiger partial charge < -0.3 is 14.2 Å². The second-order valence-corrected chi connectivity index (χ2v) is 4.05. The number of nitrogens with one attached hydrogen (secondary N) is 1. The molecule has 0 aliphatic carbocycles. The average Bonchev–Trinajstić information content (AvgIpc) is 2.50. The number of ether oxygens (including phenoxy) is 3. The fourth-order valence-corrected chi connectivity index (χ4v) is 1.31. The molecule has 0 heterocycles. The van der Waals surface area contributed by atoms with Crippen molar-refractivity contribution in [1.29, 1.82) is 0 Å². The molecule has 0 aliphatic rings. The Balaban J connectivity index is 3.44. The number of amides is 1. The van der Waals surface area contributed by atoms with E-state index in [9.17, 15) is 14.4 Å². The van der Waals surface area contributed by atoms with E-state index in [1.54, 1.807) is 0 Å². The monoisotopic (exact) mass is 305 g/mol. The van der Waals surface area contributed by atoms with Crippen LogP contribution in [0.4, 0.5) is 0 Å². The minimum Gasteiger partial charge on any atom is -0.379 e. The number of Topliss-reactive ketones (excluding diaryl/α,β-unsaturated/α-hetero) is 2. The maximum absolute atomic E-state index is 11.4. The van der Waals surface area contributed by atoms with E-state index < -0.39 is 17.5 Å². The Morgan fingerprint density at radius 2 is 1.33 bits per heavy atom. The normalized spacial score (nSPS) is 10.4. The van der Waals surface area contributed by atoms with Gasteiger partial charge in [0.25, 0.3) is 0 Å². The van der Waals surface area contributed by atoms with Crippen molar-refractivity contribution in [2.24, 2.45) is 0 Å². The van der Waals surface area contributed by atoms with Crippen molar-refractivity contribution in [2.45, 2.75) is 26.2 Å².